The van der Waals surface area contributed by atoms with Crippen molar-refractivity contribution in [2.75, 3.05) is 4.90 Å². The highest BCUT2D eigenvalue weighted by atomic mass is 16.3. The van der Waals surface area contributed by atoms with Crippen LogP contribution in [0.2, 0.25) is 0 Å². The maximum absolute atomic E-state index is 6.50. The van der Waals surface area contributed by atoms with Crippen LogP contribution in [0.15, 0.2) is 175 Å². The van der Waals surface area contributed by atoms with Gasteiger partial charge in [0.2, 0.25) is 0 Å². The molecule has 0 atom stereocenters. The summed E-state index contributed by atoms with van der Waals surface area (Å²) in [5.41, 5.74) is 11.7. The van der Waals surface area contributed by atoms with Gasteiger partial charge in [0.25, 0.3) is 0 Å². The summed E-state index contributed by atoms with van der Waals surface area (Å²) in [6.45, 7) is 0. The summed E-state index contributed by atoms with van der Waals surface area (Å²) in [6.07, 6.45) is 3.61. The van der Waals surface area contributed by atoms with E-state index in [9.17, 15) is 0 Å². The summed E-state index contributed by atoms with van der Waals surface area (Å²) in [4.78, 5) is 6.61. The summed E-state index contributed by atoms with van der Waals surface area (Å²) in [5.74, 6) is 0. The second-order valence-electron chi connectivity index (χ2n) is 10.8. The van der Waals surface area contributed by atoms with Crippen molar-refractivity contribution < 1.29 is 4.42 Å². The summed E-state index contributed by atoms with van der Waals surface area (Å²) < 4.78 is 6.50. The lowest BCUT2D eigenvalue weighted by molar-refractivity contribution is 0.667. The molecule has 8 rings (SSSR count). The van der Waals surface area contributed by atoms with E-state index in [0.29, 0.717) is 0 Å². The number of rotatable bonds is 6. The maximum Gasteiger partial charge on any atom is 0.159 e. The van der Waals surface area contributed by atoms with E-state index >= 15 is 0 Å². The van der Waals surface area contributed by atoms with Crippen LogP contribution in [0.5, 0.6) is 0 Å². The van der Waals surface area contributed by atoms with Crippen LogP contribution < -0.4 is 4.90 Å². The van der Waals surface area contributed by atoms with Crippen LogP contribution in [-0.4, -0.2) is 4.98 Å². The van der Waals surface area contributed by atoms with Crippen molar-refractivity contribution in [3.05, 3.63) is 170 Å². The van der Waals surface area contributed by atoms with E-state index in [2.05, 4.69) is 155 Å². The van der Waals surface area contributed by atoms with Crippen LogP contribution in [0.1, 0.15) is 0 Å². The molecule has 0 N–H and O–H groups in total. The lowest BCUT2D eigenvalue weighted by Gasteiger charge is -2.27. The van der Waals surface area contributed by atoms with Gasteiger partial charge in [-0.2, -0.15) is 0 Å². The minimum Gasteiger partial charge on any atom is -0.452 e. The molecule has 0 saturated carbocycles. The molecule has 0 amide bonds. The molecular formula is C41H28N2O. The normalized spacial score (nSPS) is 11.2. The van der Waals surface area contributed by atoms with E-state index in [1.54, 1.807) is 6.20 Å². The van der Waals surface area contributed by atoms with E-state index in [0.717, 1.165) is 39.0 Å². The SMILES string of the molecule is c1ccc(-c2ccc(N(c3ccc(-c4ccccc4)c(-c4ccccc4)c3)c3cccc4c3oc3cnccc34)cc2)cc1. The molecule has 0 bridgehead atoms. The van der Waals surface area contributed by atoms with Crippen LogP contribution in [0.4, 0.5) is 17.1 Å². The first-order chi connectivity index (χ1) is 21.8. The molecule has 0 aliphatic rings. The van der Waals surface area contributed by atoms with Gasteiger partial charge in [-0.25, -0.2) is 0 Å². The molecule has 2 aromatic heterocycles. The van der Waals surface area contributed by atoms with Crippen molar-refractivity contribution in [1.82, 2.24) is 4.98 Å². The number of benzene rings is 6. The molecule has 0 saturated heterocycles. The van der Waals surface area contributed by atoms with E-state index in [1.165, 1.54) is 33.4 Å². The Bertz CT molecular complexity index is 2200. The lowest BCUT2D eigenvalue weighted by atomic mass is 9.93. The third kappa shape index (κ3) is 4.61. The number of furan rings is 1. The van der Waals surface area contributed by atoms with Gasteiger partial charge in [-0.05, 0) is 69.8 Å². The van der Waals surface area contributed by atoms with Gasteiger partial charge in [-0.3, -0.25) is 4.98 Å². The highest BCUT2D eigenvalue weighted by Crippen LogP contribution is 2.44. The minimum absolute atomic E-state index is 0.777. The predicted molar refractivity (Wildman–Crippen MR) is 183 cm³/mol. The topological polar surface area (TPSA) is 29.3 Å². The van der Waals surface area contributed by atoms with Gasteiger partial charge in [0.1, 0.15) is 0 Å². The largest absolute Gasteiger partial charge is 0.452 e. The molecule has 0 radical (unpaired) electrons. The predicted octanol–water partition coefficient (Wildman–Crippen LogP) is 11.5. The Hall–Kier alpha value is -5.93. The van der Waals surface area contributed by atoms with Crippen molar-refractivity contribution in [1.29, 1.82) is 0 Å². The molecule has 44 heavy (non-hydrogen) atoms. The van der Waals surface area contributed by atoms with Gasteiger partial charge in [0, 0.05) is 28.3 Å². The Labute approximate surface area is 256 Å². The molecule has 0 spiro atoms. The maximum atomic E-state index is 6.50. The van der Waals surface area contributed by atoms with Crippen molar-refractivity contribution in [2.24, 2.45) is 0 Å². The molecule has 0 unspecified atom stereocenters. The summed E-state index contributed by atoms with van der Waals surface area (Å²) in [6, 6.07) is 55.6. The Morgan fingerprint density at radius 1 is 0.455 bits per heavy atom. The second-order valence-corrected chi connectivity index (χ2v) is 10.8. The minimum atomic E-state index is 0.777. The van der Waals surface area contributed by atoms with Gasteiger partial charge in [-0.15, -0.1) is 0 Å². The molecule has 8 aromatic rings. The Kier molecular flexibility index (Phi) is 6.47. The number of nitrogens with zero attached hydrogens (tertiary/aromatic N) is 2. The number of hydrogen-bond acceptors (Lipinski definition) is 3. The summed E-state index contributed by atoms with van der Waals surface area (Å²) in [7, 11) is 0. The second kappa shape index (κ2) is 11.0. The monoisotopic (exact) mass is 564 g/mol. The zero-order valence-corrected chi connectivity index (χ0v) is 24.0. The molecular weight excluding hydrogens is 536 g/mol. The number of hydrogen-bond donors (Lipinski definition) is 0. The number of anilines is 3. The number of pyridine rings is 1. The average Bonchev–Trinajstić information content (AvgIpc) is 3.49. The molecule has 0 aliphatic heterocycles. The first-order valence-corrected chi connectivity index (χ1v) is 14.8. The fourth-order valence-corrected chi connectivity index (χ4v) is 6.07. The quantitative estimate of drug-likeness (QED) is 0.201. The zero-order valence-electron chi connectivity index (χ0n) is 24.0. The van der Waals surface area contributed by atoms with Gasteiger partial charge in [0.15, 0.2) is 11.2 Å². The number of para-hydroxylation sites is 1. The molecule has 3 nitrogen and oxygen atoms in total. The van der Waals surface area contributed by atoms with Gasteiger partial charge >= 0.3 is 0 Å². The molecule has 0 aliphatic carbocycles. The number of fused-ring (bicyclic) bond motifs is 3. The van der Waals surface area contributed by atoms with Crippen molar-refractivity contribution in [3.8, 4) is 33.4 Å². The van der Waals surface area contributed by atoms with Crippen molar-refractivity contribution in [2.45, 2.75) is 0 Å². The van der Waals surface area contributed by atoms with E-state index in [-0.39, 0.29) is 0 Å². The van der Waals surface area contributed by atoms with Crippen LogP contribution in [0.3, 0.4) is 0 Å². The van der Waals surface area contributed by atoms with Gasteiger partial charge in [-0.1, -0.05) is 121 Å². The van der Waals surface area contributed by atoms with Gasteiger partial charge in [0.05, 0.1) is 11.9 Å². The average molecular weight is 565 g/mol. The Morgan fingerprint density at radius 3 is 1.77 bits per heavy atom. The lowest BCUT2D eigenvalue weighted by Crippen LogP contribution is -2.10. The Balaban J connectivity index is 1.36. The first-order valence-electron chi connectivity index (χ1n) is 14.8. The Morgan fingerprint density at radius 2 is 1.07 bits per heavy atom. The van der Waals surface area contributed by atoms with E-state index < -0.39 is 0 Å². The number of aromatic nitrogens is 1. The third-order valence-electron chi connectivity index (χ3n) is 8.19. The van der Waals surface area contributed by atoms with Crippen LogP contribution in [0.25, 0.3) is 55.3 Å². The first kappa shape index (κ1) is 25.8. The molecule has 2 heterocycles. The highest BCUT2D eigenvalue weighted by Gasteiger charge is 2.21. The van der Waals surface area contributed by atoms with E-state index in [1.807, 2.05) is 18.3 Å². The zero-order chi connectivity index (χ0) is 29.3. The van der Waals surface area contributed by atoms with Crippen LogP contribution in [0, 0.1) is 0 Å². The van der Waals surface area contributed by atoms with Crippen molar-refractivity contribution >= 4 is 39.0 Å². The highest BCUT2D eigenvalue weighted by molar-refractivity contribution is 6.10. The summed E-state index contributed by atoms with van der Waals surface area (Å²) in [5, 5.41) is 2.12. The molecule has 0 fully saturated rings. The fraction of sp³-hybridized carbons (Fsp3) is 0. The van der Waals surface area contributed by atoms with Crippen LogP contribution >= 0.6 is 0 Å². The summed E-state index contributed by atoms with van der Waals surface area (Å²) >= 11 is 0. The standard InChI is InChI=1S/C41H28N2O/c1-4-11-29(12-5-1)30-19-21-33(22-20-30)43(39-18-10-17-37-36-25-26-42-28-40(36)44-41(37)39)34-23-24-35(31-13-6-2-7-14-31)38(27-34)32-15-8-3-9-16-32/h1-28H. The van der Waals surface area contributed by atoms with Gasteiger partial charge < -0.3 is 9.32 Å². The molecule has 6 aromatic carbocycles. The molecule has 3 heteroatoms. The van der Waals surface area contributed by atoms with Crippen molar-refractivity contribution in [3.63, 3.8) is 0 Å². The fourth-order valence-electron chi connectivity index (χ4n) is 6.07. The molecule has 208 valence electrons. The third-order valence-corrected chi connectivity index (χ3v) is 8.19. The van der Waals surface area contributed by atoms with Crippen LogP contribution in [-0.2, 0) is 0 Å². The smallest absolute Gasteiger partial charge is 0.159 e. The van der Waals surface area contributed by atoms with E-state index in [4.69, 9.17) is 4.42 Å².